The molecule has 3 aliphatic rings. The highest BCUT2D eigenvalue weighted by atomic mass is 19.1. The number of benzene rings is 1. The van der Waals surface area contributed by atoms with Crippen molar-refractivity contribution in [3.8, 4) is 6.07 Å². The molecule has 0 aromatic heterocycles. The smallest absolute Gasteiger partial charge is 0.238 e. The first-order valence-electron chi connectivity index (χ1n) is 11.7. The van der Waals surface area contributed by atoms with Crippen LogP contribution in [0.1, 0.15) is 45.1 Å². The van der Waals surface area contributed by atoms with E-state index in [2.05, 4.69) is 40.4 Å². The van der Waals surface area contributed by atoms with Crippen molar-refractivity contribution in [2.24, 2.45) is 5.92 Å². The summed E-state index contributed by atoms with van der Waals surface area (Å²) in [7, 11) is 0. The van der Waals surface area contributed by atoms with Crippen LogP contribution in [0.4, 0.5) is 10.1 Å². The molecule has 1 aromatic carbocycles. The summed E-state index contributed by atoms with van der Waals surface area (Å²) in [6.45, 7) is 8.25. The molecule has 2 N–H and O–H groups in total. The Hall–Kier alpha value is -2.17. The number of anilines is 1. The van der Waals surface area contributed by atoms with Crippen LogP contribution in [0.2, 0.25) is 0 Å². The minimum Gasteiger partial charge on any atom is -0.370 e. The molecule has 4 atom stereocenters. The quantitative estimate of drug-likeness (QED) is 0.730. The van der Waals surface area contributed by atoms with Crippen molar-refractivity contribution in [3.05, 3.63) is 29.6 Å². The molecule has 0 unspecified atom stereocenters. The molecule has 2 bridgehead atoms. The van der Waals surface area contributed by atoms with Crippen molar-refractivity contribution < 1.29 is 9.18 Å². The number of nitrogens with one attached hydrogen (secondary N) is 2. The van der Waals surface area contributed by atoms with Crippen LogP contribution < -0.4 is 15.5 Å². The van der Waals surface area contributed by atoms with Crippen molar-refractivity contribution in [2.75, 3.05) is 31.1 Å². The van der Waals surface area contributed by atoms with Crippen LogP contribution in [0.25, 0.3) is 0 Å². The Morgan fingerprint density at radius 2 is 2.13 bits per heavy atom. The molecule has 3 fully saturated rings. The van der Waals surface area contributed by atoms with Gasteiger partial charge >= 0.3 is 0 Å². The van der Waals surface area contributed by atoms with Gasteiger partial charge in [-0.2, -0.15) is 5.26 Å². The predicted molar refractivity (Wildman–Crippen MR) is 119 cm³/mol. The minimum absolute atomic E-state index is 0.130. The Morgan fingerprint density at radius 3 is 2.77 bits per heavy atom. The second-order valence-corrected chi connectivity index (χ2v) is 9.55. The fourth-order valence-electron chi connectivity index (χ4n) is 5.37. The van der Waals surface area contributed by atoms with E-state index in [-0.39, 0.29) is 24.2 Å². The van der Waals surface area contributed by atoms with E-state index in [1.54, 1.807) is 12.1 Å². The van der Waals surface area contributed by atoms with Crippen molar-refractivity contribution in [3.63, 3.8) is 0 Å². The summed E-state index contributed by atoms with van der Waals surface area (Å²) in [4.78, 5) is 17.3. The summed E-state index contributed by atoms with van der Waals surface area (Å²) in [5.41, 5.74) is 1.35. The van der Waals surface area contributed by atoms with E-state index in [1.807, 2.05) is 6.07 Å². The second-order valence-electron chi connectivity index (χ2n) is 9.55. The first-order valence-corrected chi connectivity index (χ1v) is 11.7. The molecule has 168 valence electrons. The number of carbonyl (C=O) groups is 1. The number of piperidine rings is 1. The second kappa shape index (κ2) is 9.54. The Labute approximate surface area is 184 Å². The SMILES string of the molecule is CC(C)N1CCCN(c2ccc(C[C@@H](C#N)NC(=O)[C@H]3N[C@@H]4CC[C@H]3C4)c(F)c2)CC1. The highest BCUT2D eigenvalue weighted by molar-refractivity contribution is 5.83. The van der Waals surface area contributed by atoms with Crippen LogP contribution in [-0.4, -0.2) is 61.2 Å². The number of nitrogens with zero attached hydrogens (tertiary/aromatic N) is 3. The number of fused-ring (bicyclic) bond motifs is 2. The largest absolute Gasteiger partial charge is 0.370 e. The molecule has 4 rings (SSSR count). The average Bonchev–Trinajstić information content (AvgIpc) is 3.30. The summed E-state index contributed by atoms with van der Waals surface area (Å²) in [5.74, 6) is -0.0781. The fourth-order valence-corrected chi connectivity index (χ4v) is 5.37. The zero-order valence-corrected chi connectivity index (χ0v) is 18.6. The summed E-state index contributed by atoms with van der Waals surface area (Å²) >= 11 is 0. The van der Waals surface area contributed by atoms with Gasteiger partial charge in [0.2, 0.25) is 5.91 Å². The molecule has 1 aliphatic carbocycles. The number of carbonyl (C=O) groups excluding carboxylic acids is 1. The first kappa shape index (κ1) is 22.0. The van der Waals surface area contributed by atoms with Gasteiger partial charge in [0.25, 0.3) is 0 Å². The van der Waals surface area contributed by atoms with Crippen molar-refractivity contribution in [2.45, 2.75) is 70.1 Å². The number of amides is 1. The van der Waals surface area contributed by atoms with E-state index in [0.717, 1.165) is 57.5 Å². The van der Waals surface area contributed by atoms with E-state index in [1.165, 1.54) is 0 Å². The number of hydrogen-bond acceptors (Lipinski definition) is 5. The molecule has 6 nitrogen and oxygen atoms in total. The maximum absolute atomic E-state index is 14.9. The van der Waals surface area contributed by atoms with E-state index < -0.39 is 6.04 Å². The van der Waals surface area contributed by atoms with Gasteiger partial charge in [0, 0.05) is 50.4 Å². The first-order chi connectivity index (χ1) is 14.9. The zero-order valence-electron chi connectivity index (χ0n) is 18.6. The third kappa shape index (κ3) is 5.02. The molecule has 2 heterocycles. The summed E-state index contributed by atoms with van der Waals surface area (Å²) in [6.07, 6.45) is 4.46. The lowest BCUT2D eigenvalue weighted by molar-refractivity contribution is -0.124. The highest BCUT2D eigenvalue weighted by Crippen LogP contribution is 2.35. The molecule has 1 amide bonds. The topological polar surface area (TPSA) is 71.4 Å². The molecule has 7 heteroatoms. The summed E-state index contributed by atoms with van der Waals surface area (Å²) in [5, 5.41) is 15.7. The van der Waals surface area contributed by atoms with Gasteiger partial charge in [0.1, 0.15) is 11.9 Å². The third-order valence-corrected chi connectivity index (χ3v) is 7.20. The molecule has 0 spiro atoms. The van der Waals surface area contributed by atoms with Crippen LogP contribution in [0.5, 0.6) is 0 Å². The van der Waals surface area contributed by atoms with Crippen LogP contribution >= 0.6 is 0 Å². The molecule has 2 saturated heterocycles. The molecular weight excluding hydrogens is 393 g/mol. The van der Waals surface area contributed by atoms with Gasteiger partial charge in [-0.25, -0.2) is 4.39 Å². The van der Waals surface area contributed by atoms with Crippen LogP contribution in [0.15, 0.2) is 18.2 Å². The number of halogens is 1. The molecule has 1 aromatic rings. The Balaban J connectivity index is 1.36. The van der Waals surface area contributed by atoms with Crippen LogP contribution in [-0.2, 0) is 11.2 Å². The van der Waals surface area contributed by atoms with Gasteiger partial charge in [-0.15, -0.1) is 0 Å². The lowest BCUT2D eigenvalue weighted by atomic mass is 9.98. The minimum atomic E-state index is -0.730. The zero-order chi connectivity index (χ0) is 22.0. The standard InChI is InChI=1S/C24H34FN5O/c1-16(2)29-8-3-9-30(11-10-29)21-7-5-17(22(25)14-21)12-20(15-26)28-24(31)23-18-4-6-19(13-18)27-23/h5,7,14,16,18-20,23,27H,3-4,6,8-13H2,1-2H3,(H,28,31)/t18-,19+,20-,23-/m0/s1. The average molecular weight is 428 g/mol. The lowest BCUT2D eigenvalue weighted by Gasteiger charge is -2.26. The van der Waals surface area contributed by atoms with E-state index in [0.29, 0.717) is 23.6 Å². The monoisotopic (exact) mass is 427 g/mol. The molecule has 0 radical (unpaired) electrons. The van der Waals surface area contributed by atoms with Gasteiger partial charge in [-0.05, 0) is 63.1 Å². The lowest BCUT2D eigenvalue weighted by Crippen LogP contribution is -2.50. The van der Waals surface area contributed by atoms with E-state index in [9.17, 15) is 14.4 Å². The van der Waals surface area contributed by atoms with Crippen molar-refractivity contribution in [1.29, 1.82) is 5.26 Å². The normalized spacial score (nSPS) is 27.2. The number of nitriles is 1. The molecule has 31 heavy (non-hydrogen) atoms. The van der Waals surface area contributed by atoms with E-state index >= 15 is 0 Å². The predicted octanol–water partition coefficient (Wildman–Crippen LogP) is 2.44. The highest BCUT2D eigenvalue weighted by Gasteiger charge is 2.43. The van der Waals surface area contributed by atoms with Crippen molar-refractivity contribution in [1.82, 2.24) is 15.5 Å². The van der Waals surface area contributed by atoms with Gasteiger partial charge < -0.3 is 15.5 Å². The molecule has 1 saturated carbocycles. The molecule has 2 aliphatic heterocycles. The fraction of sp³-hybridized carbons (Fsp3) is 0.667. The summed E-state index contributed by atoms with van der Waals surface area (Å²) < 4.78 is 14.9. The third-order valence-electron chi connectivity index (χ3n) is 7.20. The maximum Gasteiger partial charge on any atom is 0.238 e. The Kier molecular flexibility index (Phi) is 6.78. The van der Waals surface area contributed by atoms with Crippen LogP contribution in [0, 0.1) is 23.1 Å². The Bertz CT molecular complexity index is 838. The Morgan fingerprint density at radius 1 is 1.29 bits per heavy atom. The summed E-state index contributed by atoms with van der Waals surface area (Å²) in [6, 6.07) is 7.43. The maximum atomic E-state index is 14.9. The number of hydrogen-bond donors (Lipinski definition) is 2. The van der Waals surface area contributed by atoms with Gasteiger partial charge in [-0.1, -0.05) is 6.07 Å². The number of rotatable bonds is 6. The van der Waals surface area contributed by atoms with E-state index in [4.69, 9.17) is 0 Å². The van der Waals surface area contributed by atoms with Crippen molar-refractivity contribution >= 4 is 11.6 Å². The van der Waals surface area contributed by atoms with Gasteiger partial charge in [-0.3, -0.25) is 9.69 Å². The van der Waals surface area contributed by atoms with Gasteiger partial charge in [0.05, 0.1) is 12.1 Å². The van der Waals surface area contributed by atoms with Gasteiger partial charge in [0.15, 0.2) is 0 Å². The molecular formula is C24H34FN5O. The van der Waals surface area contributed by atoms with Crippen LogP contribution in [0.3, 0.4) is 0 Å².